The lowest BCUT2D eigenvalue weighted by molar-refractivity contribution is -0.133. The van der Waals surface area contributed by atoms with Gasteiger partial charge in [0.25, 0.3) is 0 Å². The monoisotopic (exact) mass is 286 g/mol. The molecule has 0 saturated heterocycles. The first kappa shape index (κ1) is 14.3. The molecule has 106 valence electrons. The summed E-state index contributed by atoms with van der Waals surface area (Å²) < 4.78 is 11.0. The molecule has 0 bridgehead atoms. The molecule has 0 unspecified atom stereocenters. The maximum Gasteiger partial charge on any atom is 0.313 e. The minimum absolute atomic E-state index is 0.0360. The number of hydrogen-bond donors (Lipinski definition) is 1. The predicted octanol–water partition coefficient (Wildman–Crippen LogP) is 2.19. The molecule has 1 aliphatic rings. The zero-order valence-electron chi connectivity index (χ0n) is 10.9. The van der Waals surface area contributed by atoms with Crippen LogP contribution in [-0.4, -0.2) is 33.6 Å². The summed E-state index contributed by atoms with van der Waals surface area (Å²) in [5, 5.41) is 12.6. The molecule has 19 heavy (non-hydrogen) atoms. The van der Waals surface area contributed by atoms with Crippen LogP contribution in [0.5, 0.6) is 0 Å². The second-order valence-electron chi connectivity index (χ2n) is 4.53. The number of nitrogens with zero attached hydrogens (tertiary/aromatic N) is 2. The predicted molar refractivity (Wildman–Crippen MR) is 69.9 cm³/mol. The van der Waals surface area contributed by atoms with Crippen LogP contribution in [0.2, 0.25) is 0 Å². The molecule has 1 aromatic heterocycles. The smallest absolute Gasteiger partial charge is 0.313 e. The first-order chi connectivity index (χ1) is 9.16. The zero-order valence-corrected chi connectivity index (χ0v) is 11.7. The van der Waals surface area contributed by atoms with Gasteiger partial charge in [-0.25, -0.2) is 0 Å². The van der Waals surface area contributed by atoms with Gasteiger partial charge in [0.1, 0.15) is 5.60 Å². The minimum atomic E-state index is -0.841. The first-order valence-corrected chi connectivity index (χ1v) is 7.58. The van der Waals surface area contributed by atoms with Crippen LogP contribution in [0.3, 0.4) is 0 Å². The van der Waals surface area contributed by atoms with Crippen LogP contribution in [0.25, 0.3) is 0 Å². The molecule has 0 atom stereocenters. The van der Waals surface area contributed by atoms with Crippen molar-refractivity contribution in [1.29, 1.82) is 0 Å². The highest BCUT2D eigenvalue weighted by Gasteiger charge is 2.40. The number of aliphatic carboxylic acids is 1. The van der Waals surface area contributed by atoms with Gasteiger partial charge in [-0.2, -0.15) is 4.98 Å². The normalized spacial score (nSPS) is 17.7. The molecule has 1 aromatic rings. The Kier molecular flexibility index (Phi) is 4.81. The molecular formula is C12H18N2O4S. The van der Waals surface area contributed by atoms with Crippen molar-refractivity contribution in [1.82, 2.24) is 10.1 Å². The quantitative estimate of drug-likeness (QED) is 0.822. The summed E-state index contributed by atoms with van der Waals surface area (Å²) >= 11 is 1.25. The Balaban J connectivity index is 2.00. The molecule has 0 aromatic carbocycles. The van der Waals surface area contributed by atoms with Gasteiger partial charge in [-0.1, -0.05) is 5.16 Å². The Morgan fingerprint density at radius 3 is 2.89 bits per heavy atom. The molecule has 1 saturated carbocycles. The average molecular weight is 286 g/mol. The van der Waals surface area contributed by atoms with E-state index in [9.17, 15) is 4.79 Å². The SMILES string of the molecule is CCOC1(c2noc(CSCC(=O)O)n2)CCCC1. The van der Waals surface area contributed by atoms with Crippen molar-refractivity contribution in [3.8, 4) is 0 Å². The van der Waals surface area contributed by atoms with Crippen LogP contribution in [-0.2, 0) is 20.9 Å². The third-order valence-electron chi connectivity index (χ3n) is 3.16. The van der Waals surface area contributed by atoms with Gasteiger partial charge in [0.05, 0.1) is 11.5 Å². The number of carboxylic acid groups (broad SMARTS) is 1. The highest BCUT2D eigenvalue weighted by molar-refractivity contribution is 7.99. The fourth-order valence-corrected chi connectivity index (χ4v) is 2.95. The summed E-state index contributed by atoms with van der Waals surface area (Å²) in [6.07, 6.45) is 4.05. The maximum absolute atomic E-state index is 10.4. The maximum atomic E-state index is 10.4. The standard InChI is InChI=1S/C12H18N2O4S/c1-2-17-12(5-3-4-6-12)11-13-9(18-14-11)7-19-8-10(15)16/h2-8H2,1H3,(H,15,16). The first-order valence-electron chi connectivity index (χ1n) is 6.43. The van der Waals surface area contributed by atoms with E-state index in [2.05, 4.69) is 10.1 Å². The highest BCUT2D eigenvalue weighted by atomic mass is 32.2. The van der Waals surface area contributed by atoms with E-state index in [1.165, 1.54) is 11.8 Å². The highest BCUT2D eigenvalue weighted by Crippen LogP contribution is 2.40. The summed E-state index contributed by atoms with van der Waals surface area (Å²) in [5.41, 5.74) is -0.395. The topological polar surface area (TPSA) is 85.5 Å². The fraction of sp³-hybridized carbons (Fsp3) is 0.750. The Morgan fingerprint density at radius 2 is 2.26 bits per heavy atom. The second-order valence-corrected chi connectivity index (χ2v) is 5.52. The number of hydrogen-bond acceptors (Lipinski definition) is 6. The molecule has 2 rings (SSSR count). The molecule has 0 aliphatic heterocycles. The molecular weight excluding hydrogens is 268 g/mol. The van der Waals surface area contributed by atoms with Crippen molar-refractivity contribution >= 4 is 17.7 Å². The van der Waals surface area contributed by atoms with Crippen molar-refractivity contribution < 1.29 is 19.2 Å². The van der Waals surface area contributed by atoms with Gasteiger partial charge in [0.2, 0.25) is 11.7 Å². The van der Waals surface area contributed by atoms with E-state index in [1.807, 2.05) is 6.92 Å². The Morgan fingerprint density at radius 1 is 1.53 bits per heavy atom. The lowest BCUT2D eigenvalue weighted by Gasteiger charge is -2.24. The van der Waals surface area contributed by atoms with Gasteiger partial charge in [-0.3, -0.25) is 4.79 Å². The van der Waals surface area contributed by atoms with Gasteiger partial charge in [0.15, 0.2) is 0 Å². The molecule has 1 heterocycles. The lowest BCUT2D eigenvalue weighted by Crippen LogP contribution is -2.27. The van der Waals surface area contributed by atoms with Crippen LogP contribution in [0.1, 0.15) is 44.3 Å². The van der Waals surface area contributed by atoms with E-state index in [0.717, 1.165) is 25.7 Å². The molecule has 1 aliphatic carbocycles. The summed E-state index contributed by atoms with van der Waals surface area (Å²) in [4.78, 5) is 14.8. The summed E-state index contributed by atoms with van der Waals surface area (Å²) in [7, 11) is 0. The summed E-state index contributed by atoms with van der Waals surface area (Å²) in [6, 6.07) is 0. The van der Waals surface area contributed by atoms with Gasteiger partial charge >= 0.3 is 5.97 Å². The number of aromatic nitrogens is 2. The minimum Gasteiger partial charge on any atom is -0.481 e. The molecule has 6 nitrogen and oxygen atoms in total. The van der Waals surface area contributed by atoms with E-state index < -0.39 is 11.6 Å². The van der Waals surface area contributed by atoms with E-state index >= 15 is 0 Å². The van der Waals surface area contributed by atoms with Crippen LogP contribution < -0.4 is 0 Å². The third-order valence-corrected chi connectivity index (χ3v) is 4.06. The van der Waals surface area contributed by atoms with E-state index in [0.29, 0.717) is 24.1 Å². The molecule has 0 radical (unpaired) electrons. The average Bonchev–Trinajstić information content (AvgIpc) is 2.98. The number of carbonyl (C=O) groups is 1. The Labute approximate surface area is 115 Å². The lowest BCUT2D eigenvalue weighted by atomic mass is 10.0. The molecule has 7 heteroatoms. The zero-order chi connectivity index (χ0) is 13.7. The van der Waals surface area contributed by atoms with Gasteiger partial charge in [-0.15, -0.1) is 11.8 Å². The Bertz CT molecular complexity index is 429. The number of carboxylic acids is 1. The second kappa shape index (κ2) is 6.38. The van der Waals surface area contributed by atoms with Crippen molar-refractivity contribution in [2.45, 2.75) is 44.0 Å². The largest absolute Gasteiger partial charge is 0.481 e. The van der Waals surface area contributed by atoms with Gasteiger partial charge in [0, 0.05) is 6.61 Å². The van der Waals surface area contributed by atoms with Crippen molar-refractivity contribution in [3.63, 3.8) is 0 Å². The van der Waals surface area contributed by atoms with E-state index in [4.69, 9.17) is 14.4 Å². The van der Waals surface area contributed by atoms with E-state index in [1.54, 1.807) is 0 Å². The third kappa shape index (κ3) is 3.48. The number of rotatable bonds is 7. The fourth-order valence-electron chi connectivity index (χ4n) is 2.38. The van der Waals surface area contributed by atoms with Gasteiger partial charge < -0.3 is 14.4 Å². The van der Waals surface area contributed by atoms with E-state index in [-0.39, 0.29) is 5.75 Å². The summed E-state index contributed by atoms with van der Waals surface area (Å²) in [6.45, 7) is 2.58. The number of thioether (sulfide) groups is 1. The summed E-state index contributed by atoms with van der Waals surface area (Å²) in [5.74, 6) is 0.687. The molecule has 1 fully saturated rings. The Hall–Kier alpha value is -1.08. The van der Waals surface area contributed by atoms with Crippen LogP contribution >= 0.6 is 11.8 Å². The van der Waals surface area contributed by atoms with Gasteiger partial charge in [-0.05, 0) is 32.6 Å². The van der Waals surface area contributed by atoms with Crippen molar-refractivity contribution in [2.75, 3.05) is 12.4 Å². The van der Waals surface area contributed by atoms with Crippen molar-refractivity contribution in [2.24, 2.45) is 0 Å². The van der Waals surface area contributed by atoms with Crippen molar-refractivity contribution in [3.05, 3.63) is 11.7 Å². The molecule has 1 N–H and O–H groups in total. The molecule has 0 spiro atoms. The van der Waals surface area contributed by atoms with Crippen LogP contribution in [0, 0.1) is 0 Å². The van der Waals surface area contributed by atoms with Crippen LogP contribution in [0.4, 0.5) is 0 Å². The van der Waals surface area contributed by atoms with Crippen LogP contribution in [0.15, 0.2) is 4.52 Å². The molecule has 0 amide bonds. The number of ether oxygens (including phenoxy) is 1.